The third kappa shape index (κ3) is 4.66. The molecule has 7 nitrogen and oxygen atoms in total. The zero-order valence-electron chi connectivity index (χ0n) is 10.5. The third-order valence-electron chi connectivity index (χ3n) is 2.10. The fourth-order valence-corrected chi connectivity index (χ4v) is 1.26. The highest BCUT2D eigenvalue weighted by molar-refractivity contribution is 5.91. The SMILES string of the molecule is CC(=O)NNC(=O)COc1cc(C)ccc1C(=O)O. The predicted molar refractivity (Wildman–Crippen MR) is 65.6 cm³/mol. The number of rotatable bonds is 4. The van der Waals surface area contributed by atoms with Gasteiger partial charge in [0.2, 0.25) is 5.91 Å². The number of aryl methyl sites for hydroxylation is 1. The normalized spacial score (nSPS) is 9.58. The maximum Gasteiger partial charge on any atom is 0.339 e. The summed E-state index contributed by atoms with van der Waals surface area (Å²) in [7, 11) is 0. The summed E-state index contributed by atoms with van der Waals surface area (Å²) >= 11 is 0. The standard InChI is InChI=1S/C12H14N2O5/c1-7-3-4-9(12(17)18)10(5-7)19-6-11(16)14-13-8(2)15/h3-5H,6H2,1-2H3,(H,13,15)(H,14,16)(H,17,18). The number of carbonyl (C=O) groups is 3. The molecule has 0 atom stereocenters. The predicted octanol–water partition coefficient (Wildman–Crippen LogP) is 0.239. The molecule has 0 aliphatic rings. The number of hydrazine groups is 1. The third-order valence-corrected chi connectivity index (χ3v) is 2.10. The van der Waals surface area contributed by atoms with Crippen molar-refractivity contribution in [3.8, 4) is 5.75 Å². The number of carboxylic acids is 1. The molecule has 0 aliphatic heterocycles. The van der Waals surface area contributed by atoms with Crippen LogP contribution >= 0.6 is 0 Å². The van der Waals surface area contributed by atoms with Crippen LogP contribution in [-0.2, 0) is 9.59 Å². The Kier molecular flexibility index (Phi) is 4.87. The zero-order valence-corrected chi connectivity index (χ0v) is 10.5. The summed E-state index contributed by atoms with van der Waals surface area (Å²) in [6.07, 6.45) is 0. The molecule has 0 aromatic heterocycles. The van der Waals surface area contributed by atoms with E-state index in [-0.39, 0.29) is 11.3 Å². The molecule has 1 aromatic carbocycles. The lowest BCUT2D eigenvalue weighted by Gasteiger charge is -2.10. The summed E-state index contributed by atoms with van der Waals surface area (Å²) in [5.74, 6) is -2.05. The maximum atomic E-state index is 11.3. The van der Waals surface area contributed by atoms with E-state index in [9.17, 15) is 14.4 Å². The Labute approximate surface area is 109 Å². The molecule has 3 N–H and O–H groups in total. The van der Waals surface area contributed by atoms with Gasteiger partial charge in [0, 0.05) is 6.92 Å². The van der Waals surface area contributed by atoms with Crippen molar-refractivity contribution >= 4 is 17.8 Å². The molecule has 0 spiro atoms. The Morgan fingerprint density at radius 2 is 1.95 bits per heavy atom. The fourth-order valence-electron chi connectivity index (χ4n) is 1.26. The van der Waals surface area contributed by atoms with E-state index in [0.717, 1.165) is 5.56 Å². The highest BCUT2D eigenvalue weighted by Crippen LogP contribution is 2.20. The van der Waals surface area contributed by atoms with E-state index in [2.05, 4.69) is 10.9 Å². The Morgan fingerprint density at radius 3 is 2.53 bits per heavy atom. The van der Waals surface area contributed by atoms with Gasteiger partial charge in [0.15, 0.2) is 6.61 Å². The first-order chi connectivity index (χ1) is 8.90. The minimum Gasteiger partial charge on any atom is -0.483 e. The number of hydrogen-bond acceptors (Lipinski definition) is 4. The van der Waals surface area contributed by atoms with Gasteiger partial charge < -0.3 is 9.84 Å². The summed E-state index contributed by atoms with van der Waals surface area (Å²) < 4.78 is 5.13. The summed E-state index contributed by atoms with van der Waals surface area (Å²) in [6.45, 7) is 2.62. The first-order valence-corrected chi connectivity index (χ1v) is 5.42. The number of nitrogens with one attached hydrogen (secondary N) is 2. The van der Waals surface area contributed by atoms with Crippen LogP contribution in [0.1, 0.15) is 22.8 Å². The summed E-state index contributed by atoms with van der Waals surface area (Å²) in [6, 6.07) is 4.56. The number of amides is 2. The average molecular weight is 266 g/mol. The van der Waals surface area contributed by atoms with Gasteiger partial charge in [-0.1, -0.05) is 6.07 Å². The van der Waals surface area contributed by atoms with E-state index in [0.29, 0.717) is 0 Å². The van der Waals surface area contributed by atoms with Gasteiger partial charge >= 0.3 is 5.97 Å². The topological polar surface area (TPSA) is 105 Å². The van der Waals surface area contributed by atoms with Crippen molar-refractivity contribution < 1.29 is 24.2 Å². The number of carboxylic acid groups (broad SMARTS) is 1. The smallest absolute Gasteiger partial charge is 0.339 e. The van der Waals surface area contributed by atoms with Crippen LogP contribution in [0, 0.1) is 6.92 Å². The highest BCUT2D eigenvalue weighted by atomic mass is 16.5. The average Bonchev–Trinajstić information content (AvgIpc) is 2.33. The molecule has 2 amide bonds. The van der Waals surface area contributed by atoms with E-state index < -0.39 is 24.4 Å². The van der Waals surface area contributed by atoms with Crippen molar-refractivity contribution in [2.75, 3.05) is 6.61 Å². The van der Waals surface area contributed by atoms with E-state index in [4.69, 9.17) is 9.84 Å². The molecular formula is C12H14N2O5. The number of benzene rings is 1. The molecule has 1 aromatic rings. The second-order valence-corrected chi connectivity index (χ2v) is 3.82. The molecular weight excluding hydrogens is 252 g/mol. The maximum absolute atomic E-state index is 11.3. The van der Waals surface area contributed by atoms with Crippen LogP contribution in [0.25, 0.3) is 0 Å². The molecule has 1 rings (SSSR count). The Morgan fingerprint density at radius 1 is 1.26 bits per heavy atom. The van der Waals surface area contributed by atoms with Crippen molar-refractivity contribution in [1.82, 2.24) is 10.9 Å². The minimum absolute atomic E-state index is 0.0297. The second-order valence-electron chi connectivity index (χ2n) is 3.82. The Hall–Kier alpha value is -2.57. The van der Waals surface area contributed by atoms with Crippen LogP contribution in [0.2, 0.25) is 0 Å². The molecule has 0 aliphatic carbocycles. The monoisotopic (exact) mass is 266 g/mol. The van der Waals surface area contributed by atoms with E-state index >= 15 is 0 Å². The summed E-state index contributed by atoms with van der Waals surface area (Å²) in [5, 5.41) is 8.96. The molecule has 0 radical (unpaired) electrons. The lowest BCUT2D eigenvalue weighted by Crippen LogP contribution is -2.42. The zero-order chi connectivity index (χ0) is 14.4. The van der Waals surface area contributed by atoms with Gasteiger partial charge in [0.1, 0.15) is 11.3 Å². The number of aromatic carboxylic acids is 1. The van der Waals surface area contributed by atoms with Crippen molar-refractivity contribution in [3.05, 3.63) is 29.3 Å². The molecule has 102 valence electrons. The van der Waals surface area contributed by atoms with Crippen LogP contribution < -0.4 is 15.6 Å². The first kappa shape index (κ1) is 14.5. The van der Waals surface area contributed by atoms with Crippen LogP contribution in [0.3, 0.4) is 0 Å². The Bertz CT molecular complexity index is 513. The second kappa shape index (κ2) is 6.39. The molecule has 7 heteroatoms. The van der Waals surface area contributed by atoms with Crippen LogP contribution in [-0.4, -0.2) is 29.5 Å². The van der Waals surface area contributed by atoms with Crippen molar-refractivity contribution in [2.24, 2.45) is 0 Å². The highest BCUT2D eigenvalue weighted by Gasteiger charge is 2.12. The van der Waals surface area contributed by atoms with Gasteiger partial charge in [-0.05, 0) is 24.6 Å². The Balaban J connectivity index is 2.66. The molecule has 0 saturated carbocycles. The summed E-state index contributed by atoms with van der Waals surface area (Å²) in [5.41, 5.74) is 4.98. The van der Waals surface area contributed by atoms with Gasteiger partial charge in [-0.15, -0.1) is 0 Å². The molecule has 0 unspecified atom stereocenters. The van der Waals surface area contributed by atoms with Gasteiger partial charge in [0.05, 0.1) is 0 Å². The summed E-state index contributed by atoms with van der Waals surface area (Å²) in [4.78, 5) is 32.8. The molecule has 0 bridgehead atoms. The minimum atomic E-state index is -1.14. The van der Waals surface area contributed by atoms with E-state index in [1.165, 1.54) is 19.1 Å². The number of hydrogen-bond donors (Lipinski definition) is 3. The molecule has 0 saturated heterocycles. The molecule has 0 heterocycles. The number of ether oxygens (including phenoxy) is 1. The van der Waals surface area contributed by atoms with Crippen molar-refractivity contribution in [3.63, 3.8) is 0 Å². The first-order valence-electron chi connectivity index (χ1n) is 5.42. The van der Waals surface area contributed by atoms with Gasteiger partial charge in [-0.25, -0.2) is 4.79 Å². The van der Waals surface area contributed by atoms with Gasteiger partial charge in [-0.3, -0.25) is 20.4 Å². The van der Waals surface area contributed by atoms with Crippen LogP contribution in [0.4, 0.5) is 0 Å². The van der Waals surface area contributed by atoms with E-state index in [1.807, 2.05) is 0 Å². The number of carbonyl (C=O) groups excluding carboxylic acids is 2. The van der Waals surface area contributed by atoms with Crippen molar-refractivity contribution in [1.29, 1.82) is 0 Å². The van der Waals surface area contributed by atoms with E-state index in [1.54, 1.807) is 13.0 Å². The largest absolute Gasteiger partial charge is 0.483 e. The van der Waals surface area contributed by atoms with Crippen molar-refractivity contribution in [2.45, 2.75) is 13.8 Å². The van der Waals surface area contributed by atoms with Crippen LogP contribution in [0.5, 0.6) is 5.75 Å². The molecule has 19 heavy (non-hydrogen) atoms. The van der Waals surface area contributed by atoms with Gasteiger partial charge in [-0.2, -0.15) is 0 Å². The lowest BCUT2D eigenvalue weighted by molar-refractivity contribution is -0.129. The fraction of sp³-hybridized carbons (Fsp3) is 0.250. The quantitative estimate of drug-likeness (QED) is 0.677. The van der Waals surface area contributed by atoms with Gasteiger partial charge in [0.25, 0.3) is 5.91 Å². The lowest BCUT2D eigenvalue weighted by atomic mass is 10.1. The molecule has 0 fully saturated rings. The van der Waals surface area contributed by atoms with Crippen LogP contribution in [0.15, 0.2) is 18.2 Å².